The maximum atomic E-state index is 5.78. The zero-order chi connectivity index (χ0) is 10.1. The number of hydrogen-bond donors (Lipinski definition) is 1. The van der Waals surface area contributed by atoms with Crippen LogP contribution in [0.2, 0.25) is 0 Å². The summed E-state index contributed by atoms with van der Waals surface area (Å²) < 4.78 is 5.27. The Hall–Kier alpha value is -0.990. The van der Waals surface area contributed by atoms with E-state index in [4.69, 9.17) is 10.3 Å². The van der Waals surface area contributed by atoms with Crippen LogP contribution >= 0.6 is 0 Å². The molecule has 0 unspecified atom stereocenters. The predicted molar refractivity (Wildman–Crippen MR) is 55.9 cm³/mol. The lowest BCUT2D eigenvalue weighted by atomic mass is 10.0. The molecule has 2 rings (SSSR count). The van der Waals surface area contributed by atoms with Crippen LogP contribution in [0.3, 0.4) is 0 Å². The van der Waals surface area contributed by atoms with Gasteiger partial charge in [0, 0.05) is 12.0 Å². The molecule has 3 heteroatoms. The molecule has 0 aromatic carbocycles. The molecule has 0 atom stereocenters. The number of rotatable bonds is 4. The van der Waals surface area contributed by atoms with Crippen molar-refractivity contribution in [1.82, 2.24) is 5.16 Å². The first kappa shape index (κ1) is 9.56. The van der Waals surface area contributed by atoms with Gasteiger partial charge in [-0.3, -0.25) is 0 Å². The quantitative estimate of drug-likeness (QED) is 0.800. The first-order valence-electron chi connectivity index (χ1n) is 5.39. The molecule has 0 spiro atoms. The summed E-state index contributed by atoms with van der Waals surface area (Å²) in [6.07, 6.45) is 4.69. The van der Waals surface area contributed by atoms with Crippen LogP contribution in [0.15, 0.2) is 4.52 Å². The van der Waals surface area contributed by atoms with Crippen molar-refractivity contribution in [2.75, 3.05) is 5.73 Å². The Morgan fingerprint density at radius 2 is 2.21 bits per heavy atom. The van der Waals surface area contributed by atoms with Crippen molar-refractivity contribution in [3.8, 4) is 0 Å². The molecule has 2 N–H and O–H groups in total. The van der Waals surface area contributed by atoms with E-state index in [1.165, 1.54) is 12.8 Å². The van der Waals surface area contributed by atoms with Crippen molar-refractivity contribution < 1.29 is 4.52 Å². The highest BCUT2D eigenvalue weighted by Gasteiger charge is 2.26. The van der Waals surface area contributed by atoms with Gasteiger partial charge in [0.15, 0.2) is 5.82 Å². The number of anilines is 1. The van der Waals surface area contributed by atoms with Crippen molar-refractivity contribution in [2.45, 2.75) is 39.5 Å². The second-order valence-electron chi connectivity index (χ2n) is 4.72. The van der Waals surface area contributed by atoms with Crippen LogP contribution in [0.5, 0.6) is 0 Å². The minimum absolute atomic E-state index is 0.592. The highest BCUT2D eigenvalue weighted by Crippen LogP contribution is 2.34. The van der Waals surface area contributed by atoms with Gasteiger partial charge in [-0.25, -0.2) is 0 Å². The lowest BCUT2D eigenvalue weighted by Gasteiger charge is -2.04. The van der Waals surface area contributed by atoms with Crippen LogP contribution < -0.4 is 5.73 Å². The molecule has 0 amide bonds. The Labute approximate surface area is 84.7 Å². The largest absolute Gasteiger partial charge is 0.381 e. The van der Waals surface area contributed by atoms with Gasteiger partial charge in [-0.2, -0.15) is 0 Å². The fourth-order valence-corrected chi connectivity index (χ4v) is 1.73. The first-order chi connectivity index (χ1) is 6.66. The van der Waals surface area contributed by atoms with Crippen molar-refractivity contribution in [3.05, 3.63) is 11.3 Å². The Balaban J connectivity index is 2.12. The summed E-state index contributed by atoms with van der Waals surface area (Å²) in [5, 5.41) is 3.85. The summed E-state index contributed by atoms with van der Waals surface area (Å²) in [4.78, 5) is 0. The molecule has 1 saturated carbocycles. The fraction of sp³-hybridized carbons (Fsp3) is 0.727. The predicted octanol–water partition coefficient (Wildman–Crippen LogP) is 2.41. The third-order valence-corrected chi connectivity index (χ3v) is 2.68. The molecule has 1 heterocycles. The summed E-state index contributed by atoms with van der Waals surface area (Å²) >= 11 is 0. The second kappa shape index (κ2) is 3.64. The number of nitrogens with two attached hydrogens (primary N) is 1. The van der Waals surface area contributed by atoms with Crippen molar-refractivity contribution in [3.63, 3.8) is 0 Å². The molecule has 0 radical (unpaired) electrons. The maximum Gasteiger partial charge on any atom is 0.170 e. The molecule has 1 aliphatic rings. The van der Waals surface area contributed by atoms with Gasteiger partial charge in [0.1, 0.15) is 5.76 Å². The molecular formula is C11H18N2O. The minimum atomic E-state index is 0.592. The van der Waals surface area contributed by atoms with Crippen LogP contribution in [-0.4, -0.2) is 5.16 Å². The third kappa shape index (κ3) is 2.08. The normalized spacial score (nSPS) is 16.5. The smallest absolute Gasteiger partial charge is 0.170 e. The van der Waals surface area contributed by atoms with Gasteiger partial charge in [-0.15, -0.1) is 0 Å². The van der Waals surface area contributed by atoms with Gasteiger partial charge in [0.2, 0.25) is 0 Å². The molecular weight excluding hydrogens is 176 g/mol. The topological polar surface area (TPSA) is 52.0 Å². The monoisotopic (exact) mass is 194 g/mol. The average Bonchev–Trinajstić information content (AvgIpc) is 2.85. The molecule has 0 aliphatic heterocycles. The zero-order valence-electron chi connectivity index (χ0n) is 8.92. The molecule has 1 aromatic rings. The van der Waals surface area contributed by atoms with Crippen LogP contribution in [0, 0.1) is 11.8 Å². The van der Waals surface area contributed by atoms with Crippen molar-refractivity contribution in [1.29, 1.82) is 0 Å². The lowest BCUT2D eigenvalue weighted by molar-refractivity contribution is 0.377. The Morgan fingerprint density at radius 1 is 1.50 bits per heavy atom. The highest BCUT2D eigenvalue weighted by atomic mass is 16.5. The molecule has 3 nitrogen and oxygen atoms in total. The molecule has 14 heavy (non-hydrogen) atoms. The molecule has 0 saturated heterocycles. The van der Waals surface area contributed by atoms with E-state index in [2.05, 4.69) is 19.0 Å². The number of nitrogen functional groups attached to an aromatic ring is 1. The third-order valence-electron chi connectivity index (χ3n) is 2.68. The van der Waals surface area contributed by atoms with Gasteiger partial charge in [-0.05, 0) is 31.1 Å². The van der Waals surface area contributed by atoms with E-state index < -0.39 is 0 Å². The molecule has 0 bridgehead atoms. The van der Waals surface area contributed by atoms with Gasteiger partial charge in [0.05, 0.1) is 0 Å². The molecule has 1 aliphatic carbocycles. The van der Waals surface area contributed by atoms with E-state index in [0.717, 1.165) is 30.1 Å². The van der Waals surface area contributed by atoms with E-state index in [9.17, 15) is 0 Å². The SMILES string of the molecule is CC(C)Cc1c(N)noc1CC1CC1. The van der Waals surface area contributed by atoms with E-state index in [0.29, 0.717) is 11.7 Å². The lowest BCUT2D eigenvalue weighted by Crippen LogP contribution is -2.01. The van der Waals surface area contributed by atoms with Gasteiger partial charge >= 0.3 is 0 Å². The Morgan fingerprint density at radius 3 is 2.79 bits per heavy atom. The van der Waals surface area contributed by atoms with E-state index in [1.54, 1.807) is 0 Å². The maximum absolute atomic E-state index is 5.78. The summed E-state index contributed by atoms with van der Waals surface area (Å²) in [5.74, 6) is 3.05. The number of hydrogen-bond acceptors (Lipinski definition) is 3. The van der Waals surface area contributed by atoms with Crippen molar-refractivity contribution in [2.24, 2.45) is 11.8 Å². The van der Waals surface area contributed by atoms with Crippen LogP contribution in [-0.2, 0) is 12.8 Å². The summed E-state index contributed by atoms with van der Waals surface area (Å²) in [6, 6.07) is 0. The van der Waals surface area contributed by atoms with E-state index in [-0.39, 0.29) is 0 Å². The van der Waals surface area contributed by atoms with Gasteiger partial charge in [-0.1, -0.05) is 19.0 Å². The van der Waals surface area contributed by atoms with E-state index in [1.807, 2.05) is 0 Å². The first-order valence-corrected chi connectivity index (χ1v) is 5.39. The van der Waals surface area contributed by atoms with Gasteiger partial charge in [0.25, 0.3) is 0 Å². The Bertz CT molecular complexity index is 313. The molecule has 1 aromatic heterocycles. The Kier molecular flexibility index (Phi) is 2.48. The zero-order valence-corrected chi connectivity index (χ0v) is 8.92. The molecule has 1 fully saturated rings. The summed E-state index contributed by atoms with van der Waals surface area (Å²) in [5.41, 5.74) is 6.93. The van der Waals surface area contributed by atoms with Crippen LogP contribution in [0.4, 0.5) is 5.82 Å². The minimum Gasteiger partial charge on any atom is -0.381 e. The van der Waals surface area contributed by atoms with Crippen LogP contribution in [0.1, 0.15) is 38.0 Å². The summed E-state index contributed by atoms with van der Waals surface area (Å²) in [7, 11) is 0. The number of aromatic nitrogens is 1. The van der Waals surface area contributed by atoms with E-state index >= 15 is 0 Å². The summed E-state index contributed by atoms with van der Waals surface area (Å²) in [6.45, 7) is 4.38. The highest BCUT2D eigenvalue weighted by molar-refractivity contribution is 5.40. The average molecular weight is 194 g/mol. The van der Waals surface area contributed by atoms with Crippen LogP contribution in [0.25, 0.3) is 0 Å². The second-order valence-corrected chi connectivity index (χ2v) is 4.72. The molecule has 78 valence electrons. The van der Waals surface area contributed by atoms with Gasteiger partial charge < -0.3 is 10.3 Å². The number of nitrogens with zero attached hydrogens (tertiary/aromatic N) is 1. The van der Waals surface area contributed by atoms with Crippen molar-refractivity contribution >= 4 is 5.82 Å². The fourth-order valence-electron chi connectivity index (χ4n) is 1.73. The standard InChI is InChI=1S/C11H18N2O/c1-7(2)5-9-10(6-8-3-4-8)14-13-11(9)12/h7-8H,3-6H2,1-2H3,(H2,12,13).